The molecule has 2 aromatic heterocycles. The van der Waals surface area contributed by atoms with Crippen LogP contribution in [0, 0.1) is 6.92 Å². The summed E-state index contributed by atoms with van der Waals surface area (Å²) < 4.78 is 0. The second-order valence-electron chi connectivity index (χ2n) is 3.84. The average Bonchev–Trinajstić information content (AvgIpc) is 2.78. The molecule has 1 amide bonds. The van der Waals surface area contributed by atoms with Crippen LogP contribution < -0.4 is 5.32 Å². The van der Waals surface area contributed by atoms with E-state index in [-0.39, 0.29) is 5.91 Å². The number of hydrogen-bond acceptors (Lipinski definition) is 5. The van der Waals surface area contributed by atoms with Crippen molar-refractivity contribution in [1.29, 1.82) is 0 Å². The van der Waals surface area contributed by atoms with E-state index in [2.05, 4.69) is 15.3 Å². The molecule has 0 bridgehead atoms. The van der Waals surface area contributed by atoms with E-state index >= 15 is 0 Å². The van der Waals surface area contributed by atoms with E-state index in [9.17, 15) is 9.90 Å². The van der Waals surface area contributed by atoms with E-state index in [1.807, 2.05) is 0 Å². The van der Waals surface area contributed by atoms with E-state index in [0.717, 1.165) is 0 Å². The van der Waals surface area contributed by atoms with Crippen molar-refractivity contribution < 1.29 is 9.90 Å². The molecule has 1 atom stereocenters. The Labute approximate surface area is 109 Å². The molecule has 18 heavy (non-hydrogen) atoms. The monoisotopic (exact) mass is 263 g/mol. The summed E-state index contributed by atoms with van der Waals surface area (Å²) in [6, 6.07) is 3.42. The Morgan fingerprint density at radius 2 is 2.33 bits per heavy atom. The summed E-state index contributed by atoms with van der Waals surface area (Å²) in [5.41, 5.74) is 1.74. The molecule has 2 N–H and O–H groups in total. The van der Waals surface area contributed by atoms with Crippen LogP contribution in [0.5, 0.6) is 0 Å². The summed E-state index contributed by atoms with van der Waals surface area (Å²) in [6.45, 7) is 3.41. The second-order valence-corrected chi connectivity index (χ2v) is 4.70. The number of hydrogen-bond donors (Lipinski definition) is 2. The minimum absolute atomic E-state index is 0.243. The molecular formula is C12H13N3O2S. The molecule has 6 heteroatoms. The summed E-state index contributed by atoms with van der Waals surface area (Å²) in [5.74, 6) is -0.243. The van der Waals surface area contributed by atoms with Crippen molar-refractivity contribution in [2.75, 3.05) is 5.32 Å². The van der Waals surface area contributed by atoms with Gasteiger partial charge in [-0.2, -0.15) is 0 Å². The number of aryl methyl sites for hydroxylation is 1. The molecule has 94 valence electrons. The Morgan fingerprint density at radius 1 is 1.56 bits per heavy atom. The largest absolute Gasteiger partial charge is 0.387 e. The second kappa shape index (κ2) is 5.24. The van der Waals surface area contributed by atoms with Gasteiger partial charge in [0, 0.05) is 17.3 Å². The van der Waals surface area contributed by atoms with Crippen molar-refractivity contribution in [2.24, 2.45) is 0 Å². The third-order valence-corrected chi connectivity index (χ3v) is 3.20. The lowest BCUT2D eigenvalue weighted by atomic mass is 10.2. The van der Waals surface area contributed by atoms with Crippen LogP contribution in [0.25, 0.3) is 0 Å². The van der Waals surface area contributed by atoms with Crippen LogP contribution >= 0.6 is 11.3 Å². The molecule has 0 saturated carbocycles. The maximum Gasteiger partial charge on any atom is 0.259 e. The number of carbonyl (C=O) groups is 1. The Morgan fingerprint density at radius 3 is 2.94 bits per heavy atom. The summed E-state index contributed by atoms with van der Waals surface area (Å²) in [4.78, 5) is 20.1. The fraction of sp³-hybridized carbons (Fsp3) is 0.250. The molecule has 0 aromatic carbocycles. The Kier molecular flexibility index (Phi) is 3.69. The fourth-order valence-electron chi connectivity index (χ4n) is 1.42. The predicted octanol–water partition coefficient (Wildman–Crippen LogP) is 2.15. The zero-order valence-corrected chi connectivity index (χ0v) is 10.9. The molecule has 2 rings (SSSR count). The van der Waals surface area contributed by atoms with Gasteiger partial charge in [-0.3, -0.25) is 15.1 Å². The summed E-state index contributed by atoms with van der Waals surface area (Å²) in [7, 11) is 0. The van der Waals surface area contributed by atoms with Crippen molar-refractivity contribution in [3.05, 3.63) is 40.7 Å². The van der Waals surface area contributed by atoms with E-state index in [1.165, 1.54) is 11.3 Å². The molecule has 0 fully saturated rings. The van der Waals surface area contributed by atoms with Crippen LogP contribution in [0.4, 0.5) is 5.13 Å². The van der Waals surface area contributed by atoms with E-state index in [0.29, 0.717) is 22.1 Å². The fourth-order valence-corrected chi connectivity index (χ4v) is 2.22. The first-order chi connectivity index (χ1) is 8.58. The molecule has 2 aromatic rings. The molecule has 5 nitrogen and oxygen atoms in total. The number of carbonyl (C=O) groups excluding carboxylic acids is 1. The number of pyridine rings is 1. The topological polar surface area (TPSA) is 75.1 Å². The van der Waals surface area contributed by atoms with Crippen LogP contribution in [0.2, 0.25) is 0 Å². The van der Waals surface area contributed by atoms with Crippen molar-refractivity contribution in [3.8, 4) is 0 Å². The first-order valence-electron chi connectivity index (χ1n) is 5.44. The smallest absolute Gasteiger partial charge is 0.259 e. The molecule has 0 saturated heterocycles. The van der Waals surface area contributed by atoms with Gasteiger partial charge in [0.15, 0.2) is 5.13 Å². The van der Waals surface area contributed by atoms with E-state index in [1.54, 1.807) is 37.6 Å². The summed E-state index contributed by atoms with van der Waals surface area (Å²) in [5, 5.41) is 14.2. The van der Waals surface area contributed by atoms with Crippen LogP contribution in [0.1, 0.15) is 34.8 Å². The van der Waals surface area contributed by atoms with Crippen LogP contribution in [0.15, 0.2) is 23.7 Å². The van der Waals surface area contributed by atoms with Gasteiger partial charge in [0.1, 0.15) is 0 Å². The van der Waals surface area contributed by atoms with Gasteiger partial charge in [0.05, 0.1) is 17.4 Å². The highest BCUT2D eigenvalue weighted by atomic mass is 32.1. The predicted molar refractivity (Wildman–Crippen MR) is 69.7 cm³/mol. The first kappa shape index (κ1) is 12.7. The van der Waals surface area contributed by atoms with Gasteiger partial charge >= 0.3 is 0 Å². The minimum atomic E-state index is -0.632. The number of aliphatic hydroxyl groups is 1. The Hall–Kier alpha value is -1.79. The molecule has 1 unspecified atom stereocenters. The van der Waals surface area contributed by atoms with Gasteiger partial charge in [0.2, 0.25) is 0 Å². The summed E-state index contributed by atoms with van der Waals surface area (Å²) in [6.07, 6.45) is 1.01. The number of nitrogens with zero attached hydrogens (tertiary/aromatic N) is 2. The maximum atomic E-state index is 12.0. The van der Waals surface area contributed by atoms with E-state index < -0.39 is 6.10 Å². The molecule has 2 heterocycles. The highest BCUT2D eigenvalue weighted by Crippen LogP contribution is 2.21. The van der Waals surface area contributed by atoms with Gasteiger partial charge in [-0.05, 0) is 26.0 Å². The quantitative estimate of drug-likeness (QED) is 0.889. The van der Waals surface area contributed by atoms with Crippen LogP contribution in [-0.4, -0.2) is 21.0 Å². The minimum Gasteiger partial charge on any atom is -0.387 e. The van der Waals surface area contributed by atoms with Crippen molar-refractivity contribution in [2.45, 2.75) is 20.0 Å². The lowest BCUT2D eigenvalue weighted by Gasteiger charge is -2.04. The Bertz CT molecular complexity index is 566. The third-order valence-electron chi connectivity index (χ3n) is 2.42. The van der Waals surface area contributed by atoms with Gasteiger partial charge in [0.25, 0.3) is 5.91 Å². The zero-order valence-electron chi connectivity index (χ0n) is 10.0. The van der Waals surface area contributed by atoms with Gasteiger partial charge in [-0.25, -0.2) is 4.98 Å². The molecule has 0 aliphatic rings. The molecule has 0 radical (unpaired) electrons. The van der Waals surface area contributed by atoms with Gasteiger partial charge in [-0.1, -0.05) is 0 Å². The first-order valence-corrected chi connectivity index (χ1v) is 6.32. The highest BCUT2D eigenvalue weighted by Gasteiger charge is 2.12. The number of amides is 1. The number of anilines is 1. The number of thiazole rings is 1. The lowest BCUT2D eigenvalue weighted by Crippen LogP contribution is -2.13. The highest BCUT2D eigenvalue weighted by molar-refractivity contribution is 7.14. The van der Waals surface area contributed by atoms with Crippen LogP contribution in [0.3, 0.4) is 0 Å². The SMILES string of the molecule is Cc1ncccc1C(=O)Nc1nc(C(C)O)cs1. The molecule has 0 spiro atoms. The maximum absolute atomic E-state index is 12.0. The van der Waals surface area contributed by atoms with Crippen molar-refractivity contribution in [1.82, 2.24) is 9.97 Å². The number of rotatable bonds is 3. The Balaban J connectivity index is 2.14. The normalized spacial score (nSPS) is 12.2. The molecular weight excluding hydrogens is 250 g/mol. The molecule has 0 aliphatic heterocycles. The zero-order chi connectivity index (χ0) is 13.1. The van der Waals surface area contributed by atoms with Gasteiger partial charge < -0.3 is 5.11 Å². The average molecular weight is 263 g/mol. The number of aliphatic hydroxyl groups excluding tert-OH is 1. The standard InChI is InChI=1S/C12H13N3O2S/c1-7-9(4-3-5-13-7)11(17)15-12-14-10(6-18-12)8(2)16/h3-6,8,16H,1-2H3,(H,14,15,17). The third kappa shape index (κ3) is 2.72. The number of nitrogens with one attached hydrogen (secondary N) is 1. The van der Waals surface area contributed by atoms with Crippen molar-refractivity contribution >= 4 is 22.4 Å². The van der Waals surface area contributed by atoms with Crippen molar-refractivity contribution in [3.63, 3.8) is 0 Å². The number of aromatic nitrogens is 2. The van der Waals surface area contributed by atoms with Crippen LogP contribution in [-0.2, 0) is 0 Å². The van der Waals surface area contributed by atoms with E-state index in [4.69, 9.17) is 0 Å². The van der Waals surface area contributed by atoms with Gasteiger partial charge in [-0.15, -0.1) is 11.3 Å². The summed E-state index contributed by atoms with van der Waals surface area (Å²) >= 11 is 1.28. The molecule has 0 aliphatic carbocycles. The lowest BCUT2D eigenvalue weighted by molar-refractivity contribution is 0.102.